The minimum Gasteiger partial charge on any atom is -0.379 e. The van der Waals surface area contributed by atoms with Crippen LogP contribution in [0.5, 0.6) is 0 Å². The number of sulfonamides is 1. The Morgan fingerprint density at radius 1 is 1.07 bits per heavy atom. The molecule has 10 heteroatoms. The highest BCUT2D eigenvalue weighted by Crippen LogP contribution is 2.26. The van der Waals surface area contributed by atoms with Crippen LogP contribution in [0.15, 0.2) is 47.4 Å². The number of nitrogens with zero attached hydrogens (tertiary/aromatic N) is 1. The van der Waals surface area contributed by atoms with Gasteiger partial charge in [-0.05, 0) is 36.4 Å². The van der Waals surface area contributed by atoms with E-state index in [-0.39, 0.29) is 34.5 Å². The molecule has 2 N–H and O–H groups in total. The molecule has 2 aromatic carbocycles. The van der Waals surface area contributed by atoms with Crippen molar-refractivity contribution in [2.75, 3.05) is 36.9 Å². The van der Waals surface area contributed by atoms with Gasteiger partial charge in [-0.15, -0.1) is 0 Å². The lowest BCUT2D eigenvalue weighted by Crippen LogP contribution is -2.40. The van der Waals surface area contributed by atoms with Crippen molar-refractivity contribution in [3.63, 3.8) is 0 Å². The molecule has 0 saturated carbocycles. The molecule has 154 valence electrons. The number of morpholine rings is 1. The molecular weight excluding hydrogens is 418 g/mol. The Morgan fingerprint density at radius 2 is 1.79 bits per heavy atom. The summed E-state index contributed by atoms with van der Waals surface area (Å²) in [4.78, 5) is 23.8. The highest BCUT2D eigenvalue weighted by Gasteiger charge is 2.27. The number of nitrogens with one attached hydrogen (secondary N) is 2. The summed E-state index contributed by atoms with van der Waals surface area (Å²) in [6, 6.07) is 10.5. The SMILES string of the molecule is CC(=O)Nc1ccc(NC(=O)c2cccc(S(=O)(=O)N3CCOCC3)c2)c(Cl)c1. The fourth-order valence-electron chi connectivity index (χ4n) is 2.83. The first-order valence-corrected chi connectivity index (χ1v) is 10.7. The smallest absolute Gasteiger partial charge is 0.255 e. The van der Waals surface area contributed by atoms with Gasteiger partial charge in [0.2, 0.25) is 15.9 Å². The van der Waals surface area contributed by atoms with E-state index in [1.54, 1.807) is 12.1 Å². The predicted molar refractivity (Wildman–Crippen MR) is 110 cm³/mol. The van der Waals surface area contributed by atoms with Gasteiger partial charge in [-0.25, -0.2) is 8.42 Å². The Morgan fingerprint density at radius 3 is 2.45 bits per heavy atom. The molecule has 1 aliphatic heterocycles. The van der Waals surface area contributed by atoms with Gasteiger partial charge in [0, 0.05) is 31.3 Å². The number of halogens is 1. The zero-order valence-electron chi connectivity index (χ0n) is 15.6. The van der Waals surface area contributed by atoms with Crippen molar-refractivity contribution in [2.24, 2.45) is 0 Å². The fraction of sp³-hybridized carbons (Fsp3) is 0.263. The molecule has 1 saturated heterocycles. The van der Waals surface area contributed by atoms with Crippen LogP contribution in [0, 0.1) is 0 Å². The molecule has 2 amide bonds. The van der Waals surface area contributed by atoms with Gasteiger partial charge >= 0.3 is 0 Å². The van der Waals surface area contributed by atoms with Crippen LogP contribution >= 0.6 is 11.6 Å². The Kier molecular flexibility index (Phi) is 6.53. The summed E-state index contributed by atoms with van der Waals surface area (Å²) in [5.41, 5.74) is 1.02. The minimum absolute atomic E-state index is 0.0409. The lowest BCUT2D eigenvalue weighted by atomic mass is 10.2. The van der Waals surface area contributed by atoms with Crippen molar-refractivity contribution in [1.82, 2.24) is 4.31 Å². The van der Waals surface area contributed by atoms with Crippen molar-refractivity contribution in [1.29, 1.82) is 0 Å². The van der Waals surface area contributed by atoms with Crippen LogP contribution in [0.25, 0.3) is 0 Å². The van der Waals surface area contributed by atoms with Crippen LogP contribution in [0.3, 0.4) is 0 Å². The molecule has 8 nitrogen and oxygen atoms in total. The van der Waals surface area contributed by atoms with Gasteiger partial charge in [-0.3, -0.25) is 9.59 Å². The highest BCUT2D eigenvalue weighted by atomic mass is 35.5. The second-order valence-electron chi connectivity index (χ2n) is 6.37. The molecule has 0 aromatic heterocycles. The van der Waals surface area contributed by atoms with Crippen LogP contribution in [0.1, 0.15) is 17.3 Å². The molecule has 1 aliphatic rings. The van der Waals surface area contributed by atoms with Crippen LogP contribution in [0.4, 0.5) is 11.4 Å². The van der Waals surface area contributed by atoms with Gasteiger partial charge < -0.3 is 15.4 Å². The van der Waals surface area contributed by atoms with E-state index in [0.717, 1.165) is 0 Å². The van der Waals surface area contributed by atoms with Crippen LogP contribution in [-0.4, -0.2) is 50.8 Å². The molecule has 0 aliphatic carbocycles. The lowest BCUT2D eigenvalue weighted by Gasteiger charge is -2.26. The summed E-state index contributed by atoms with van der Waals surface area (Å²) in [5.74, 6) is -0.741. The van der Waals surface area contributed by atoms with E-state index in [1.165, 1.54) is 41.6 Å². The van der Waals surface area contributed by atoms with Crippen molar-refractivity contribution < 1.29 is 22.7 Å². The molecule has 3 rings (SSSR count). The van der Waals surface area contributed by atoms with Gasteiger partial charge in [-0.1, -0.05) is 17.7 Å². The summed E-state index contributed by atoms with van der Waals surface area (Å²) < 4.78 is 32.1. The Balaban J connectivity index is 1.78. The van der Waals surface area contributed by atoms with E-state index in [2.05, 4.69) is 10.6 Å². The molecule has 1 fully saturated rings. The van der Waals surface area contributed by atoms with Gasteiger partial charge in [-0.2, -0.15) is 4.31 Å². The Hall–Kier alpha value is -2.46. The summed E-state index contributed by atoms with van der Waals surface area (Å²) >= 11 is 6.17. The summed E-state index contributed by atoms with van der Waals surface area (Å²) in [7, 11) is -3.71. The van der Waals surface area contributed by atoms with E-state index in [1.807, 2.05) is 0 Å². The molecule has 29 heavy (non-hydrogen) atoms. The standard InChI is InChI=1S/C19H20ClN3O5S/c1-13(24)21-15-5-6-18(17(20)12-15)22-19(25)14-3-2-4-16(11-14)29(26,27)23-7-9-28-10-8-23/h2-6,11-12H,7-10H2,1H3,(H,21,24)(H,22,25). The third-order valence-electron chi connectivity index (χ3n) is 4.24. The molecule has 0 bridgehead atoms. The molecule has 0 unspecified atom stereocenters. The normalized spacial score (nSPS) is 15.0. The monoisotopic (exact) mass is 437 g/mol. The fourth-order valence-corrected chi connectivity index (χ4v) is 4.51. The zero-order chi connectivity index (χ0) is 21.0. The predicted octanol–water partition coefficient (Wildman–Crippen LogP) is 2.57. The number of anilines is 2. The molecule has 0 radical (unpaired) electrons. The minimum atomic E-state index is -3.71. The first kappa shape index (κ1) is 21.3. The van der Waals surface area contributed by atoms with Gasteiger partial charge in [0.25, 0.3) is 5.91 Å². The Bertz CT molecular complexity index is 1040. The van der Waals surface area contributed by atoms with Crippen molar-refractivity contribution in [3.05, 3.63) is 53.1 Å². The average Bonchev–Trinajstić information content (AvgIpc) is 2.70. The zero-order valence-corrected chi connectivity index (χ0v) is 17.2. The first-order chi connectivity index (χ1) is 13.8. The van der Waals surface area contributed by atoms with Crippen molar-refractivity contribution in [2.45, 2.75) is 11.8 Å². The molecule has 1 heterocycles. The number of carbonyl (C=O) groups is 2. The van der Waals surface area contributed by atoms with E-state index in [4.69, 9.17) is 16.3 Å². The average molecular weight is 438 g/mol. The van der Waals surface area contributed by atoms with Gasteiger partial charge in [0.1, 0.15) is 0 Å². The maximum Gasteiger partial charge on any atom is 0.255 e. The van der Waals surface area contributed by atoms with E-state index >= 15 is 0 Å². The molecule has 0 atom stereocenters. The summed E-state index contributed by atoms with van der Waals surface area (Å²) in [5, 5.41) is 5.49. The van der Waals surface area contributed by atoms with E-state index in [0.29, 0.717) is 24.6 Å². The second kappa shape index (κ2) is 8.91. The number of carbonyl (C=O) groups excluding carboxylic acids is 2. The maximum atomic E-state index is 12.8. The molecular formula is C19H20ClN3O5S. The molecule has 0 spiro atoms. The first-order valence-electron chi connectivity index (χ1n) is 8.84. The topological polar surface area (TPSA) is 105 Å². The summed E-state index contributed by atoms with van der Waals surface area (Å²) in [6.45, 7) is 2.60. The maximum absolute atomic E-state index is 12.8. The van der Waals surface area contributed by atoms with Crippen LogP contribution < -0.4 is 10.6 Å². The quantitative estimate of drug-likeness (QED) is 0.748. The summed E-state index contributed by atoms with van der Waals surface area (Å²) in [6.07, 6.45) is 0. The molecule has 2 aromatic rings. The van der Waals surface area contributed by atoms with Gasteiger partial charge in [0.05, 0.1) is 28.8 Å². The highest BCUT2D eigenvalue weighted by molar-refractivity contribution is 7.89. The van der Waals surface area contributed by atoms with Crippen LogP contribution in [-0.2, 0) is 19.6 Å². The number of benzene rings is 2. The number of rotatable bonds is 5. The lowest BCUT2D eigenvalue weighted by molar-refractivity contribution is -0.114. The third-order valence-corrected chi connectivity index (χ3v) is 6.45. The Labute approximate surface area is 173 Å². The largest absolute Gasteiger partial charge is 0.379 e. The number of ether oxygens (including phenoxy) is 1. The van der Waals surface area contributed by atoms with Crippen LogP contribution in [0.2, 0.25) is 5.02 Å². The van der Waals surface area contributed by atoms with E-state index in [9.17, 15) is 18.0 Å². The number of hydrogen-bond acceptors (Lipinski definition) is 5. The number of amides is 2. The van der Waals surface area contributed by atoms with Gasteiger partial charge in [0.15, 0.2) is 0 Å². The second-order valence-corrected chi connectivity index (χ2v) is 8.72. The van der Waals surface area contributed by atoms with E-state index < -0.39 is 15.9 Å². The third kappa shape index (κ3) is 5.13. The van der Waals surface area contributed by atoms with Crippen molar-refractivity contribution in [3.8, 4) is 0 Å². The number of hydrogen-bond donors (Lipinski definition) is 2. The van der Waals surface area contributed by atoms with Crippen molar-refractivity contribution >= 4 is 44.8 Å².